The Morgan fingerprint density at radius 1 is 1.60 bits per heavy atom. The molecule has 0 fully saturated rings. The quantitative estimate of drug-likeness (QED) is 0.860. The molecule has 0 amide bonds. The minimum atomic E-state index is -0.958. The number of nitrogens with zero attached hydrogens (tertiary/aromatic N) is 3. The maximum absolute atomic E-state index is 10.7. The molecule has 0 aliphatic rings. The third-order valence-electron chi connectivity index (χ3n) is 2.96. The lowest BCUT2D eigenvalue weighted by molar-refractivity contribution is -0.131. The Balaban J connectivity index is 2.32. The van der Waals surface area contributed by atoms with E-state index in [4.69, 9.17) is 5.11 Å². The second-order valence-corrected chi connectivity index (χ2v) is 5.59. The summed E-state index contributed by atoms with van der Waals surface area (Å²) in [5.41, 5.74) is 1.66. The fraction of sp³-hybridized carbons (Fsp3) is 0.286. The van der Waals surface area contributed by atoms with E-state index < -0.39 is 5.97 Å². The van der Waals surface area contributed by atoms with Gasteiger partial charge in [0.25, 0.3) is 0 Å². The number of carbonyl (C=O) groups is 1. The van der Waals surface area contributed by atoms with Crippen molar-refractivity contribution in [3.8, 4) is 0 Å². The molecule has 2 aromatic rings. The van der Waals surface area contributed by atoms with Crippen LogP contribution in [0.5, 0.6) is 0 Å². The predicted octanol–water partition coefficient (Wildman–Crippen LogP) is 2.52. The van der Waals surface area contributed by atoms with Crippen molar-refractivity contribution < 1.29 is 9.90 Å². The van der Waals surface area contributed by atoms with Gasteiger partial charge in [0.1, 0.15) is 5.82 Å². The summed E-state index contributed by atoms with van der Waals surface area (Å²) in [6.45, 7) is 2.65. The predicted molar refractivity (Wildman–Crippen MR) is 81.0 cm³/mol. The highest BCUT2D eigenvalue weighted by atomic mass is 32.1. The summed E-state index contributed by atoms with van der Waals surface area (Å²) in [5, 5.41) is 15.2. The van der Waals surface area contributed by atoms with E-state index in [1.54, 1.807) is 22.1 Å². The Kier molecular flexibility index (Phi) is 4.24. The van der Waals surface area contributed by atoms with Crippen molar-refractivity contribution in [2.24, 2.45) is 7.05 Å². The highest BCUT2D eigenvalue weighted by molar-refractivity contribution is 7.09. The smallest absolute Gasteiger partial charge is 0.328 e. The van der Waals surface area contributed by atoms with Crippen LogP contribution in [0, 0.1) is 6.92 Å². The molecule has 0 saturated carbocycles. The molecular formula is C14H17N3O2S. The number of thiophene rings is 1. The first-order valence-electron chi connectivity index (χ1n) is 6.17. The van der Waals surface area contributed by atoms with E-state index in [9.17, 15) is 4.79 Å². The molecule has 2 aromatic heterocycles. The largest absolute Gasteiger partial charge is 0.478 e. The van der Waals surface area contributed by atoms with Crippen molar-refractivity contribution in [3.05, 3.63) is 39.7 Å². The van der Waals surface area contributed by atoms with E-state index in [0.29, 0.717) is 0 Å². The maximum atomic E-state index is 10.7. The fourth-order valence-electron chi connectivity index (χ4n) is 2.18. The van der Waals surface area contributed by atoms with Gasteiger partial charge in [-0.15, -0.1) is 11.3 Å². The first kappa shape index (κ1) is 14.3. The normalized spacial score (nSPS) is 11.2. The number of aliphatic carboxylic acids is 1. The summed E-state index contributed by atoms with van der Waals surface area (Å²) < 4.78 is 1.78. The summed E-state index contributed by atoms with van der Waals surface area (Å²) in [6.07, 6.45) is 2.75. The standard InChI is InChI=1S/C14H17N3O2S/c1-10-12(6-7-13(18)19)14(17(3)15-10)16(2)9-11-5-4-8-20-11/h4-8H,9H2,1-3H3,(H,18,19)/b7-6+. The zero-order valence-electron chi connectivity index (χ0n) is 11.7. The molecule has 0 atom stereocenters. The average molecular weight is 291 g/mol. The van der Waals surface area contributed by atoms with Gasteiger partial charge >= 0.3 is 5.97 Å². The van der Waals surface area contributed by atoms with Crippen LogP contribution in [0.15, 0.2) is 23.6 Å². The molecular weight excluding hydrogens is 274 g/mol. The van der Waals surface area contributed by atoms with E-state index >= 15 is 0 Å². The van der Waals surface area contributed by atoms with Gasteiger partial charge in [-0.1, -0.05) is 6.07 Å². The number of rotatable bonds is 5. The van der Waals surface area contributed by atoms with Gasteiger partial charge < -0.3 is 10.0 Å². The monoisotopic (exact) mass is 291 g/mol. The minimum absolute atomic E-state index is 0.768. The molecule has 1 N–H and O–H groups in total. The average Bonchev–Trinajstić information content (AvgIpc) is 2.94. The summed E-state index contributed by atoms with van der Waals surface area (Å²) in [4.78, 5) is 14.0. The molecule has 0 bridgehead atoms. The number of aryl methyl sites for hydroxylation is 2. The van der Waals surface area contributed by atoms with Crippen LogP contribution in [-0.4, -0.2) is 27.9 Å². The Hall–Kier alpha value is -2.08. The lowest BCUT2D eigenvalue weighted by atomic mass is 10.2. The van der Waals surface area contributed by atoms with Crippen molar-refractivity contribution in [3.63, 3.8) is 0 Å². The van der Waals surface area contributed by atoms with E-state index in [0.717, 1.165) is 29.7 Å². The third-order valence-corrected chi connectivity index (χ3v) is 3.83. The van der Waals surface area contributed by atoms with Crippen LogP contribution in [0.1, 0.15) is 16.1 Å². The molecule has 0 saturated heterocycles. The van der Waals surface area contributed by atoms with Crippen LogP contribution in [0.25, 0.3) is 6.08 Å². The Morgan fingerprint density at radius 2 is 2.35 bits per heavy atom. The van der Waals surface area contributed by atoms with Crippen LogP contribution in [-0.2, 0) is 18.4 Å². The Labute approximate surface area is 121 Å². The second kappa shape index (κ2) is 5.92. The minimum Gasteiger partial charge on any atom is -0.478 e. The highest BCUT2D eigenvalue weighted by Gasteiger charge is 2.15. The third kappa shape index (κ3) is 3.08. The maximum Gasteiger partial charge on any atom is 0.328 e. The molecule has 0 aliphatic heterocycles. The topological polar surface area (TPSA) is 58.4 Å². The van der Waals surface area contributed by atoms with Crippen molar-refractivity contribution in [2.45, 2.75) is 13.5 Å². The van der Waals surface area contributed by atoms with Crippen LogP contribution in [0.2, 0.25) is 0 Å². The molecule has 2 heterocycles. The van der Waals surface area contributed by atoms with Crippen molar-refractivity contribution in [2.75, 3.05) is 11.9 Å². The molecule has 0 radical (unpaired) electrons. The lowest BCUT2D eigenvalue weighted by Gasteiger charge is -2.19. The second-order valence-electron chi connectivity index (χ2n) is 4.55. The van der Waals surface area contributed by atoms with Gasteiger partial charge in [0.05, 0.1) is 12.2 Å². The van der Waals surface area contributed by atoms with Crippen LogP contribution >= 0.6 is 11.3 Å². The van der Waals surface area contributed by atoms with Gasteiger partial charge in [0.2, 0.25) is 0 Å². The van der Waals surface area contributed by atoms with Gasteiger partial charge in [0, 0.05) is 30.6 Å². The van der Waals surface area contributed by atoms with Gasteiger partial charge in [-0.25, -0.2) is 4.79 Å². The van der Waals surface area contributed by atoms with E-state index in [1.165, 1.54) is 4.88 Å². The first-order chi connectivity index (χ1) is 9.49. The number of aromatic nitrogens is 2. The van der Waals surface area contributed by atoms with Crippen molar-refractivity contribution in [1.29, 1.82) is 0 Å². The first-order valence-corrected chi connectivity index (χ1v) is 7.05. The molecule has 5 nitrogen and oxygen atoms in total. The molecule has 0 aromatic carbocycles. The molecule has 2 rings (SSSR count). The summed E-state index contributed by atoms with van der Waals surface area (Å²) in [5.74, 6) is -0.0477. The highest BCUT2D eigenvalue weighted by Crippen LogP contribution is 2.25. The summed E-state index contributed by atoms with van der Waals surface area (Å²) in [6, 6.07) is 4.10. The van der Waals surface area contributed by atoms with Gasteiger partial charge in [0.15, 0.2) is 0 Å². The SMILES string of the molecule is Cc1nn(C)c(N(C)Cc2cccs2)c1/C=C/C(=O)O. The van der Waals surface area contributed by atoms with Crippen LogP contribution in [0.3, 0.4) is 0 Å². The van der Waals surface area contributed by atoms with Crippen molar-refractivity contribution in [1.82, 2.24) is 9.78 Å². The van der Waals surface area contributed by atoms with Crippen LogP contribution < -0.4 is 4.90 Å². The molecule has 0 unspecified atom stereocenters. The van der Waals surface area contributed by atoms with Gasteiger partial charge in [-0.2, -0.15) is 5.10 Å². The zero-order chi connectivity index (χ0) is 14.7. The number of hydrogen-bond acceptors (Lipinski definition) is 4. The summed E-state index contributed by atoms with van der Waals surface area (Å²) in [7, 11) is 3.85. The zero-order valence-corrected chi connectivity index (χ0v) is 12.5. The van der Waals surface area contributed by atoms with E-state index in [2.05, 4.69) is 16.1 Å². The summed E-state index contributed by atoms with van der Waals surface area (Å²) >= 11 is 1.70. The molecule has 0 aliphatic carbocycles. The molecule has 0 spiro atoms. The van der Waals surface area contributed by atoms with Crippen LogP contribution in [0.4, 0.5) is 5.82 Å². The number of carboxylic acid groups (broad SMARTS) is 1. The molecule has 20 heavy (non-hydrogen) atoms. The molecule has 106 valence electrons. The van der Waals surface area contributed by atoms with Crippen molar-refractivity contribution >= 4 is 29.2 Å². The van der Waals surface area contributed by atoms with E-state index in [-0.39, 0.29) is 0 Å². The number of anilines is 1. The fourth-order valence-corrected chi connectivity index (χ4v) is 2.93. The van der Waals surface area contributed by atoms with Gasteiger partial charge in [-0.05, 0) is 24.4 Å². The Morgan fingerprint density at radius 3 is 2.95 bits per heavy atom. The Bertz CT molecular complexity index is 629. The number of hydrogen-bond donors (Lipinski definition) is 1. The van der Waals surface area contributed by atoms with Gasteiger partial charge in [-0.3, -0.25) is 4.68 Å². The van der Waals surface area contributed by atoms with E-state index in [1.807, 2.05) is 32.5 Å². The molecule has 6 heteroatoms. The lowest BCUT2D eigenvalue weighted by Crippen LogP contribution is -2.19. The number of carboxylic acids is 1.